The molecule has 0 unspecified atom stereocenters. The van der Waals surface area contributed by atoms with Crippen LogP contribution in [-0.2, 0) is 14.8 Å². The van der Waals surface area contributed by atoms with Crippen LogP contribution in [0.1, 0.15) is 44.0 Å². The van der Waals surface area contributed by atoms with E-state index >= 15 is 0 Å². The zero-order valence-corrected chi connectivity index (χ0v) is 25.2. The van der Waals surface area contributed by atoms with Crippen LogP contribution in [0.25, 0.3) is 11.1 Å². The summed E-state index contributed by atoms with van der Waals surface area (Å²) in [4.78, 5) is 26.6. The molecule has 0 bridgehead atoms. The molecule has 4 rings (SSSR count). The molecule has 0 atom stereocenters. The Bertz CT molecular complexity index is 1530. The third kappa shape index (κ3) is 8.16. The summed E-state index contributed by atoms with van der Waals surface area (Å²) in [5.74, 6) is 0.171. The quantitative estimate of drug-likeness (QED) is 0.271. The number of nitrogens with zero attached hydrogens (tertiary/aromatic N) is 1. The average Bonchev–Trinajstić information content (AvgIpc) is 3.49. The van der Waals surface area contributed by atoms with Crippen molar-refractivity contribution in [3.05, 3.63) is 72.3 Å². The van der Waals surface area contributed by atoms with Crippen LogP contribution in [0.3, 0.4) is 0 Å². The topological polar surface area (TPSA) is 126 Å². The number of carbonyl (C=O) groups is 2. The number of carbonyl (C=O) groups excluding carboxylic acids is 2. The molecule has 1 aliphatic rings. The summed E-state index contributed by atoms with van der Waals surface area (Å²) in [5, 5.41) is 5.82. The van der Waals surface area contributed by atoms with Gasteiger partial charge in [0, 0.05) is 37.4 Å². The van der Waals surface area contributed by atoms with Crippen molar-refractivity contribution < 1.29 is 27.5 Å². The van der Waals surface area contributed by atoms with Crippen LogP contribution in [0.5, 0.6) is 5.75 Å². The number of anilines is 2. The Morgan fingerprint density at radius 2 is 1.57 bits per heavy atom. The van der Waals surface area contributed by atoms with E-state index < -0.39 is 21.7 Å². The summed E-state index contributed by atoms with van der Waals surface area (Å²) in [6.45, 7) is 7.60. The number of methoxy groups -OCH3 is 1. The maximum absolute atomic E-state index is 13.5. The molecule has 0 aliphatic carbocycles. The van der Waals surface area contributed by atoms with Gasteiger partial charge in [-0.25, -0.2) is 13.2 Å². The summed E-state index contributed by atoms with van der Waals surface area (Å²) >= 11 is 0. The van der Waals surface area contributed by atoms with Crippen molar-refractivity contribution in [2.75, 3.05) is 43.3 Å². The third-order valence-corrected chi connectivity index (χ3v) is 7.93. The molecule has 224 valence electrons. The van der Waals surface area contributed by atoms with Gasteiger partial charge in [-0.2, -0.15) is 0 Å². The summed E-state index contributed by atoms with van der Waals surface area (Å²) in [6.07, 6.45) is 1.50. The zero-order valence-electron chi connectivity index (χ0n) is 24.4. The van der Waals surface area contributed by atoms with Crippen molar-refractivity contribution in [3.63, 3.8) is 0 Å². The molecule has 42 heavy (non-hydrogen) atoms. The maximum Gasteiger partial charge on any atom is 0.407 e. The number of hydrogen-bond acceptors (Lipinski definition) is 7. The Balaban J connectivity index is 1.47. The number of amides is 2. The number of benzene rings is 3. The van der Waals surface area contributed by atoms with Gasteiger partial charge in [0.05, 0.1) is 12.8 Å². The van der Waals surface area contributed by atoms with Gasteiger partial charge >= 0.3 is 6.09 Å². The Hall–Kier alpha value is -4.25. The van der Waals surface area contributed by atoms with E-state index in [1.807, 2.05) is 11.0 Å². The minimum Gasteiger partial charge on any atom is -0.495 e. The highest BCUT2D eigenvalue weighted by Crippen LogP contribution is 2.32. The van der Waals surface area contributed by atoms with Gasteiger partial charge in [-0.1, -0.05) is 24.3 Å². The number of alkyl carbamates (subject to hydrolysis) is 1. The number of nitrogens with one attached hydrogen (secondary N) is 3. The van der Waals surface area contributed by atoms with E-state index in [-0.39, 0.29) is 16.6 Å². The fourth-order valence-corrected chi connectivity index (χ4v) is 5.83. The molecule has 10 nitrogen and oxygen atoms in total. The molecule has 2 amide bonds. The summed E-state index contributed by atoms with van der Waals surface area (Å²) in [5.41, 5.74) is 2.37. The van der Waals surface area contributed by atoms with Crippen LogP contribution in [0.15, 0.2) is 71.6 Å². The number of likely N-dealkylation sites (tertiary alicyclic amines) is 1. The predicted octanol–water partition coefficient (Wildman–Crippen LogP) is 5.34. The van der Waals surface area contributed by atoms with E-state index in [1.54, 1.807) is 81.4 Å². The molecule has 3 aromatic rings. The second kappa shape index (κ2) is 13.2. The highest BCUT2D eigenvalue weighted by Gasteiger charge is 2.23. The predicted molar refractivity (Wildman–Crippen MR) is 164 cm³/mol. The molecule has 1 fully saturated rings. The smallest absolute Gasteiger partial charge is 0.407 e. The largest absolute Gasteiger partial charge is 0.495 e. The molecule has 11 heteroatoms. The second-order valence-corrected chi connectivity index (χ2v) is 12.6. The molecule has 1 saturated heterocycles. The lowest BCUT2D eigenvalue weighted by Crippen LogP contribution is -2.34. The lowest BCUT2D eigenvalue weighted by Gasteiger charge is -2.19. The fraction of sp³-hybridized carbons (Fsp3) is 0.355. The number of sulfonamides is 1. The first-order valence-electron chi connectivity index (χ1n) is 13.9. The minimum atomic E-state index is -4.05. The molecule has 3 N–H and O–H groups in total. The Morgan fingerprint density at radius 3 is 2.29 bits per heavy atom. The average molecular weight is 595 g/mol. The Morgan fingerprint density at radius 1 is 0.881 bits per heavy atom. The summed E-state index contributed by atoms with van der Waals surface area (Å²) in [6, 6.07) is 19.0. The highest BCUT2D eigenvalue weighted by atomic mass is 32.2. The maximum atomic E-state index is 13.5. The summed E-state index contributed by atoms with van der Waals surface area (Å²) in [7, 11) is -2.63. The fourth-order valence-electron chi connectivity index (χ4n) is 4.59. The van der Waals surface area contributed by atoms with Crippen LogP contribution in [0.2, 0.25) is 0 Å². The van der Waals surface area contributed by atoms with Crippen molar-refractivity contribution in [3.8, 4) is 16.9 Å². The van der Waals surface area contributed by atoms with Crippen LogP contribution in [0, 0.1) is 0 Å². The van der Waals surface area contributed by atoms with Gasteiger partial charge in [0.1, 0.15) is 16.2 Å². The van der Waals surface area contributed by atoms with Gasteiger partial charge in [-0.3, -0.25) is 9.52 Å². The first-order chi connectivity index (χ1) is 19.9. The van der Waals surface area contributed by atoms with Crippen molar-refractivity contribution in [1.82, 2.24) is 10.2 Å². The van der Waals surface area contributed by atoms with Crippen LogP contribution < -0.4 is 20.1 Å². The molecule has 1 aliphatic heterocycles. The lowest BCUT2D eigenvalue weighted by molar-refractivity contribution is 0.0529. The van der Waals surface area contributed by atoms with Crippen LogP contribution in [0.4, 0.5) is 16.2 Å². The van der Waals surface area contributed by atoms with Crippen molar-refractivity contribution >= 4 is 33.4 Å². The van der Waals surface area contributed by atoms with Gasteiger partial charge in [0.2, 0.25) is 0 Å². The van der Waals surface area contributed by atoms with Crippen molar-refractivity contribution in [1.29, 1.82) is 0 Å². The van der Waals surface area contributed by atoms with E-state index in [1.165, 1.54) is 7.11 Å². The summed E-state index contributed by atoms with van der Waals surface area (Å²) < 4.78 is 40.3. The van der Waals surface area contributed by atoms with Gasteiger partial charge in [0.25, 0.3) is 15.9 Å². The lowest BCUT2D eigenvalue weighted by atomic mass is 10.0. The van der Waals surface area contributed by atoms with E-state index in [2.05, 4.69) is 15.4 Å². The van der Waals surface area contributed by atoms with E-state index in [4.69, 9.17) is 9.47 Å². The Kier molecular flexibility index (Phi) is 9.62. The minimum absolute atomic E-state index is 0.0218. The van der Waals surface area contributed by atoms with Gasteiger partial charge in [-0.05, 0) is 87.2 Å². The molecule has 0 radical (unpaired) electrons. The van der Waals surface area contributed by atoms with Gasteiger partial charge < -0.3 is 25.0 Å². The molecule has 0 saturated carbocycles. The standard InChI is InChI=1S/C31H38N4O6S/c1-31(2,3)41-30(37)33-16-15-32-25-11-8-12-26(21-25)34-42(38,39)28-20-23(13-14-27(28)40-4)22-9-7-10-24(19-22)29(36)35-17-5-6-18-35/h7-14,19-21,32,34H,5-6,15-18H2,1-4H3,(H,33,37). The zero-order chi connectivity index (χ0) is 30.3. The molecule has 0 spiro atoms. The molecule has 1 heterocycles. The van der Waals surface area contributed by atoms with Crippen molar-refractivity contribution in [2.24, 2.45) is 0 Å². The number of ether oxygens (including phenoxy) is 2. The monoisotopic (exact) mass is 594 g/mol. The molecular weight excluding hydrogens is 556 g/mol. The van der Waals surface area contributed by atoms with E-state index in [0.717, 1.165) is 31.5 Å². The number of rotatable bonds is 10. The second-order valence-electron chi connectivity index (χ2n) is 11.0. The van der Waals surface area contributed by atoms with Crippen LogP contribution in [-0.4, -0.2) is 64.2 Å². The molecule has 3 aromatic carbocycles. The Labute approximate surface area is 247 Å². The molecular formula is C31H38N4O6S. The van der Waals surface area contributed by atoms with Gasteiger partial charge in [0.15, 0.2) is 0 Å². The van der Waals surface area contributed by atoms with Crippen LogP contribution >= 0.6 is 0 Å². The highest BCUT2D eigenvalue weighted by molar-refractivity contribution is 7.92. The normalized spacial score (nSPS) is 13.4. The third-order valence-electron chi connectivity index (χ3n) is 6.53. The van der Waals surface area contributed by atoms with E-state index in [0.29, 0.717) is 35.6 Å². The van der Waals surface area contributed by atoms with E-state index in [9.17, 15) is 18.0 Å². The first-order valence-corrected chi connectivity index (χ1v) is 15.3. The van der Waals surface area contributed by atoms with Crippen molar-refractivity contribution in [2.45, 2.75) is 44.1 Å². The number of hydrogen-bond donors (Lipinski definition) is 3. The SMILES string of the molecule is COc1ccc(-c2cccc(C(=O)N3CCCC3)c2)cc1S(=O)(=O)Nc1cccc(NCCNC(=O)OC(C)(C)C)c1. The first kappa shape index (κ1) is 30.7. The van der Waals surface area contributed by atoms with Gasteiger partial charge in [-0.15, -0.1) is 0 Å². The molecule has 0 aromatic heterocycles.